The summed E-state index contributed by atoms with van der Waals surface area (Å²) in [7, 11) is 0. The first-order valence-corrected chi connectivity index (χ1v) is 6.67. The highest BCUT2D eigenvalue weighted by atomic mass is 16.5. The molecule has 1 heteroatoms. The van der Waals surface area contributed by atoms with Crippen LogP contribution in [0.4, 0.5) is 0 Å². The monoisotopic (exact) mass is 208 g/mol. The van der Waals surface area contributed by atoms with E-state index < -0.39 is 0 Å². The van der Waals surface area contributed by atoms with Crippen molar-refractivity contribution in [2.24, 2.45) is 23.2 Å². The second-order valence-electron chi connectivity index (χ2n) is 6.92. The molecule has 2 unspecified atom stereocenters. The molecule has 0 aromatic heterocycles. The van der Waals surface area contributed by atoms with Crippen molar-refractivity contribution < 1.29 is 4.74 Å². The van der Waals surface area contributed by atoms with Gasteiger partial charge >= 0.3 is 0 Å². The maximum absolute atomic E-state index is 5.84. The summed E-state index contributed by atoms with van der Waals surface area (Å²) in [6.45, 7) is 8.38. The molecule has 0 aromatic rings. The molecule has 0 spiro atoms. The lowest BCUT2D eigenvalue weighted by Crippen LogP contribution is -2.61. The van der Waals surface area contributed by atoms with Crippen molar-refractivity contribution in [3.63, 3.8) is 0 Å². The van der Waals surface area contributed by atoms with Crippen LogP contribution in [-0.2, 0) is 4.74 Å². The van der Waals surface area contributed by atoms with Crippen LogP contribution in [0, 0.1) is 23.2 Å². The summed E-state index contributed by atoms with van der Waals surface area (Å²) in [6, 6.07) is 0. The Bertz CT molecular complexity index is 271. The van der Waals surface area contributed by atoms with E-state index in [4.69, 9.17) is 4.74 Å². The Kier molecular flexibility index (Phi) is 2.03. The van der Waals surface area contributed by atoms with E-state index in [1.54, 1.807) is 0 Å². The molecule has 3 rings (SSSR count). The third kappa shape index (κ3) is 1.32. The molecular formula is C14H24O. The van der Waals surface area contributed by atoms with E-state index >= 15 is 0 Å². The zero-order valence-corrected chi connectivity index (χ0v) is 10.4. The van der Waals surface area contributed by atoms with Gasteiger partial charge in [-0.3, -0.25) is 0 Å². The normalized spacial score (nSPS) is 52.6. The van der Waals surface area contributed by atoms with Crippen LogP contribution in [0.25, 0.3) is 0 Å². The molecule has 86 valence electrons. The lowest BCUT2D eigenvalue weighted by atomic mass is 9.51. The van der Waals surface area contributed by atoms with Gasteiger partial charge in [-0.2, -0.15) is 0 Å². The van der Waals surface area contributed by atoms with E-state index in [0.29, 0.717) is 5.41 Å². The van der Waals surface area contributed by atoms with Gasteiger partial charge in [-0.15, -0.1) is 0 Å². The zero-order valence-electron chi connectivity index (χ0n) is 10.4. The van der Waals surface area contributed by atoms with Crippen LogP contribution < -0.4 is 0 Å². The summed E-state index contributed by atoms with van der Waals surface area (Å²) >= 11 is 0. The van der Waals surface area contributed by atoms with Gasteiger partial charge in [0, 0.05) is 5.92 Å². The van der Waals surface area contributed by atoms with Gasteiger partial charge in [-0.25, -0.2) is 0 Å². The Balaban J connectivity index is 1.85. The molecule has 3 fully saturated rings. The molecule has 1 nitrogen and oxygen atoms in total. The summed E-state index contributed by atoms with van der Waals surface area (Å²) in [5.41, 5.74) is 0.869. The Morgan fingerprint density at radius 1 is 1.00 bits per heavy atom. The summed E-state index contributed by atoms with van der Waals surface area (Å²) in [4.78, 5) is 0. The van der Waals surface area contributed by atoms with Crippen LogP contribution in [0.15, 0.2) is 0 Å². The highest BCUT2D eigenvalue weighted by Gasteiger charge is 2.56. The van der Waals surface area contributed by atoms with Gasteiger partial charge in [0.05, 0.1) is 12.2 Å². The SMILES string of the molecule is CC1(C)CCCC2C3CO[C@@]3(C)CC[C@@H]21. The molecule has 0 N–H and O–H groups in total. The van der Waals surface area contributed by atoms with Gasteiger partial charge in [-0.05, 0) is 49.9 Å². The minimum atomic E-state index is 0.272. The van der Waals surface area contributed by atoms with Crippen molar-refractivity contribution in [3.05, 3.63) is 0 Å². The van der Waals surface area contributed by atoms with Crippen molar-refractivity contribution in [2.75, 3.05) is 6.61 Å². The van der Waals surface area contributed by atoms with E-state index in [1.807, 2.05) is 0 Å². The molecule has 1 saturated heterocycles. The molecule has 1 aliphatic heterocycles. The number of hydrogen-bond acceptors (Lipinski definition) is 1. The molecule has 2 aliphatic carbocycles. The highest BCUT2D eigenvalue weighted by molar-refractivity contribution is 5.05. The van der Waals surface area contributed by atoms with Gasteiger partial charge in [-0.1, -0.05) is 20.3 Å². The summed E-state index contributed by atoms with van der Waals surface area (Å²) in [5.74, 6) is 2.84. The van der Waals surface area contributed by atoms with Gasteiger partial charge in [0.25, 0.3) is 0 Å². The fourth-order valence-electron chi connectivity index (χ4n) is 4.59. The average Bonchev–Trinajstić information content (AvgIpc) is 2.12. The Morgan fingerprint density at radius 2 is 1.80 bits per heavy atom. The molecule has 0 amide bonds. The third-order valence-corrected chi connectivity index (χ3v) is 5.72. The smallest absolute Gasteiger partial charge is 0.0707 e. The molecule has 15 heavy (non-hydrogen) atoms. The molecular weight excluding hydrogens is 184 g/mol. The van der Waals surface area contributed by atoms with E-state index in [9.17, 15) is 0 Å². The summed E-state index contributed by atoms with van der Waals surface area (Å²) in [6.07, 6.45) is 7.07. The Labute approximate surface area is 93.6 Å². The van der Waals surface area contributed by atoms with Crippen LogP contribution in [0.1, 0.15) is 52.9 Å². The Hall–Kier alpha value is -0.0400. The molecule has 4 atom stereocenters. The van der Waals surface area contributed by atoms with E-state index in [0.717, 1.165) is 24.4 Å². The fourth-order valence-corrected chi connectivity index (χ4v) is 4.59. The first-order chi connectivity index (χ1) is 7.03. The maximum Gasteiger partial charge on any atom is 0.0707 e. The molecule has 3 aliphatic rings. The van der Waals surface area contributed by atoms with Crippen LogP contribution >= 0.6 is 0 Å². The third-order valence-electron chi connectivity index (χ3n) is 5.72. The average molecular weight is 208 g/mol. The van der Waals surface area contributed by atoms with Crippen molar-refractivity contribution >= 4 is 0 Å². The molecule has 0 bridgehead atoms. The quantitative estimate of drug-likeness (QED) is 0.590. The van der Waals surface area contributed by atoms with Crippen molar-refractivity contribution in [3.8, 4) is 0 Å². The first kappa shape index (κ1) is 10.1. The van der Waals surface area contributed by atoms with E-state index in [1.165, 1.54) is 32.1 Å². The molecule has 0 radical (unpaired) electrons. The fraction of sp³-hybridized carbons (Fsp3) is 1.00. The largest absolute Gasteiger partial charge is 0.374 e. The number of fused-ring (bicyclic) bond motifs is 3. The Morgan fingerprint density at radius 3 is 2.47 bits per heavy atom. The molecule has 2 saturated carbocycles. The lowest BCUT2D eigenvalue weighted by molar-refractivity contribution is -0.254. The standard InChI is InChI=1S/C14H24O/c1-13(2)7-4-5-10-11(13)6-8-14(3)12(10)9-15-14/h10-12H,4-9H2,1-3H3/t10?,11-,12?,14-/m0/s1. The summed E-state index contributed by atoms with van der Waals surface area (Å²) in [5, 5.41) is 0. The van der Waals surface area contributed by atoms with Crippen molar-refractivity contribution in [1.29, 1.82) is 0 Å². The van der Waals surface area contributed by atoms with Crippen molar-refractivity contribution in [2.45, 2.75) is 58.5 Å². The number of rotatable bonds is 0. The highest BCUT2D eigenvalue weighted by Crippen LogP contribution is 2.58. The molecule has 0 aromatic carbocycles. The maximum atomic E-state index is 5.84. The number of ether oxygens (including phenoxy) is 1. The summed E-state index contributed by atoms with van der Waals surface area (Å²) < 4.78 is 5.84. The lowest BCUT2D eigenvalue weighted by Gasteiger charge is -2.61. The van der Waals surface area contributed by atoms with Crippen LogP contribution in [-0.4, -0.2) is 12.2 Å². The molecule has 1 heterocycles. The van der Waals surface area contributed by atoms with Gasteiger partial charge in [0.15, 0.2) is 0 Å². The zero-order chi connectivity index (χ0) is 10.7. The van der Waals surface area contributed by atoms with Crippen LogP contribution in [0.3, 0.4) is 0 Å². The van der Waals surface area contributed by atoms with Crippen molar-refractivity contribution in [1.82, 2.24) is 0 Å². The van der Waals surface area contributed by atoms with Crippen LogP contribution in [0.2, 0.25) is 0 Å². The minimum Gasteiger partial charge on any atom is -0.374 e. The van der Waals surface area contributed by atoms with Gasteiger partial charge < -0.3 is 4.74 Å². The predicted molar refractivity (Wildman–Crippen MR) is 61.7 cm³/mol. The topological polar surface area (TPSA) is 9.23 Å². The minimum absolute atomic E-state index is 0.272. The second-order valence-corrected chi connectivity index (χ2v) is 6.92. The van der Waals surface area contributed by atoms with E-state index in [2.05, 4.69) is 20.8 Å². The second kappa shape index (κ2) is 3.00. The van der Waals surface area contributed by atoms with Crippen LogP contribution in [0.5, 0.6) is 0 Å². The predicted octanol–water partition coefficient (Wildman–Crippen LogP) is 3.63. The first-order valence-electron chi connectivity index (χ1n) is 6.67. The van der Waals surface area contributed by atoms with E-state index in [-0.39, 0.29) is 5.60 Å². The van der Waals surface area contributed by atoms with Gasteiger partial charge in [0.2, 0.25) is 0 Å². The van der Waals surface area contributed by atoms with Gasteiger partial charge in [0.1, 0.15) is 0 Å². The number of hydrogen-bond donors (Lipinski definition) is 0.